The predicted octanol–water partition coefficient (Wildman–Crippen LogP) is 6.65. The van der Waals surface area contributed by atoms with Gasteiger partial charge in [-0.2, -0.15) is 0 Å². The number of hydrogen-bond acceptors (Lipinski definition) is 5. The van der Waals surface area contributed by atoms with Gasteiger partial charge in [0.2, 0.25) is 5.91 Å². The summed E-state index contributed by atoms with van der Waals surface area (Å²) in [5.74, 6) is 0.158. The Balaban J connectivity index is 1.04. The van der Waals surface area contributed by atoms with Crippen LogP contribution in [0.15, 0.2) is 70.4 Å². The first-order valence-electron chi connectivity index (χ1n) is 14.3. The zero-order chi connectivity index (χ0) is 27.0. The number of anilines is 1. The number of aromatic nitrogens is 1. The fourth-order valence-electron chi connectivity index (χ4n) is 7.63. The van der Waals surface area contributed by atoms with E-state index >= 15 is 0 Å². The molecule has 8 rings (SSSR count). The molecule has 0 radical (unpaired) electrons. The van der Waals surface area contributed by atoms with Gasteiger partial charge in [-0.3, -0.25) is 9.78 Å². The normalized spacial score (nSPS) is 22.1. The third kappa shape index (κ3) is 3.65. The maximum Gasteiger partial charge on any atom is 0.227 e. The molecule has 1 atom stereocenters. The highest BCUT2D eigenvalue weighted by atomic mass is 35.5. The molecule has 2 aromatic carbocycles. The largest absolute Gasteiger partial charge is 0.374 e. The van der Waals surface area contributed by atoms with E-state index in [1.807, 2.05) is 29.4 Å². The summed E-state index contributed by atoms with van der Waals surface area (Å²) in [4.78, 5) is 23.4. The Morgan fingerprint density at radius 3 is 2.70 bits per heavy atom. The van der Waals surface area contributed by atoms with E-state index in [0.717, 1.165) is 62.3 Å². The number of carbonyl (C=O) groups excluding carboxylic acids is 1. The van der Waals surface area contributed by atoms with Gasteiger partial charge >= 0.3 is 0 Å². The number of nitrogens with zero attached hydrogens (tertiary/aromatic N) is 3. The lowest BCUT2D eigenvalue weighted by molar-refractivity contribution is -0.117. The number of carbonyl (C=O) groups is 1. The highest BCUT2D eigenvalue weighted by Crippen LogP contribution is 2.53. The van der Waals surface area contributed by atoms with Crippen molar-refractivity contribution in [3.05, 3.63) is 93.4 Å². The second kappa shape index (κ2) is 9.23. The highest BCUT2D eigenvalue weighted by Gasteiger charge is 2.46. The van der Waals surface area contributed by atoms with Crippen molar-refractivity contribution in [2.24, 2.45) is 11.1 Å². The average molecular weight is 567 g/mol. The van der Waals surface area contributed by atoms with Crippen LogP contribution in [0.3, 0.4) is 0 Å². The first kappa shape index (κ1) is 24.7. The van der Waals surface area contributed by atoms with Crippen molar-refractivity contribution < 1.29 is 4.79 Å². The van der Waals surface area contributed by atoms with Crippen molar-refractivity contribution >= 4 is 46.6 Å². The van der Waals surface area contributed by atoms with Crippen molar-refractivity contribution in [2.45, 2.75) is 54.4 Å². The second-order valence-corrected chi connectivity index (χ2v) is 13.3. The summed E-state index contributed by atoms with van der Waals surface area (Å²) in [5, 5.41) is 0.666. The summed E-state index contributed by atoms with van der Waals surface area (Å²) in [6.45, 7) is 2.83. The van der Waals surface area contributed by atoms with Crippen LogP contribution >= 0.6 is 23.4 Å². The molecule has 1 unspecified atom stereocenters. The lowest BCUT2D eigenvalue weighted by Crippen LogP contribution is -2.44. The number of fused-ring (bicyclic) bond motifs is 1. The van der Waals surface area contributed by atoms with Crippen molar-refractivity contribution in [2.75, 3.05) is 24.5 Å². The number of allylic oxidation sites excluding steroid dienone is 3. The standard InChI is InChI=1S/C33H31ClN4OS/c34-31-25(38-14-2-5-29(38)39)3-1-4-28(31)40-27-9-6-20-17-26(22-7-8-23(27)30(20)22)37-15-11-33(12-16-37)18-21-10-13-36-19-24(21)32(33)35/h1,3-4,6-10,13,19,32H,2,5,11-12,14-18,35H2. The molecule has 3 heterocycles. The summed E-state index contributed by atoms with van der Waals surface area (Å²) >= 11 is 8.58. The van der Waals surface area contributed by atoms with Gasteiger partial charge in [0.1, 0.15) is 0 Å². The van der Waals surface area contributed by atoms with Gasteiger partial charge in [0.15, 0.2) is 0 Å². The number of likely N-dealkylation sites (tertiary alicyclic amines) is 1. The van der Waals surface area contributed by atoms with Crippen molar-refractivity contribution in [1.82, 2.24) is 9.88 Å². The van der Waals surface area contributed by atoms with E-state index in [1.54, 1.807) is 11.8 Å². The Bertz CT molecular complexity index is 1640. The first-order valence-corrected chi connectivity index (χ1v) is 15.5. The van der Waals surface area contributed by atoms with Gasteiger partial charge in [-0.25, -0.2) is 0 Å². The number of benzene rings is 2. The molecule has 2 aliphatic heterocycles. The minimum Gasteiger partial charge on any atom is -0.374 e. The number of halogens is 1. The third-order valence-electron chi connectivity index (χ3n) is 9.80. The Kier molecular flexibility index (Phi) is 5.70. The molecule has 5 aliphatic rings. The third-order valence-corrected chi connectivity index (χ3v) is 11.4. The molecule has 2 saturated heterocycles. The molecule has 2 fully saturated rings. The van der Waals surface area contributed by atoms with Crippen LogP contribution in [0.25, 0.3) is 11.6 Å². The Morgan fingerprint density at radius 2 is 1.90 bits per heavy atom. The fraction of sp³-hybridized carbons (Fsp3) is 0.333. The van der Waals surface area contributed by atoms with E-state index in [9.17, 15) is 4.79 Å². The summed E-state index contributed by atoms with van der Waals surface area (Å²) in [6, 6.07) is 12.8. The summed E-state index contributed by atoms with van der Waals surface area (Å²) in [5.41, 5.74) is 17.4. The van der Waals surface area contributed by atoms with E-state index < -0.39 is 0 Å². The molecule has 5 nitrogen and oxygen atoms in total. The summed E-state index contributed by atoms with van der Waals surface area (Å²) < 4.78 is 0. The van der Waals surface area contributed by atoms with Crippen LogP contribution in [0.1, 0.15) is 59.5 Å². The zero-order valence-corrected chi connectivity index (χ0v) is 23.9. The Hall–Kier alpha value is -3.06. The molecule has 7 heteroatoms. The maximum absolute atomic E-state index is 12.4. The average Bonchev–Trinajstić information content (AvgIpc) is 3.74. The lowest BCUT2D eigenvalue weighted by Gasteiger charge is -2.43. The number of hydrogen-bond donors (Lipinski definition) is 1. The van der Waals surface area contributed by atoms with Crippen molar-refractivity contribution in [3.8, 4) is 0 Å². The van der Waals surface area contributed by atoms with Gasteiger partial charge in [0.25, 0.3) is 0 Å². The van der Waals surface area contributed by atoms with Crippen LogP contribution in [-0.4, -0.2) is 35.4 Å². The second-order valence-electron chi connectivity index (χ2n) is 11.8. The number of piperidine rings is 1. The molecule has 3 aliphatic carbocycles. The van der Waals surface area contributed by atoms with Crippen LogP contribution < -0.4 is 10.6 Å². The number of amides is 1. The molecule has 3 aromatic rings. The van der Waals surface area contributed by atoms with E-state index in [4.69, 9.17) is 17.3 Å². The summed E-state index contributed by atoms with van der Waals surface area (Å²) in [6.07, 6.45) is 14.3. The van der Waals surface area contributed by atoms with E-state index in [1.165, 1.54) is 44.0 Å². The molecule has 1 amide bonds. The lowest BCUT2D eigenvalue weighted by atomic mass is 9.73. The van der Waals surface area contributed by atoms with Crippen LogP contribution in [-0.2, 0) is 17.6 Å². The van der Waals surface area contributed by atoms with Crippen LogP contribution in [0.5, 0.6) is 0 Å². The van der Waals surface area contributed by atoms with Gasteiger partial charge < -0.3 is 15.5 Å². The minimum atomic E-state index is 0.0863. The number of nitrogens with two attached hydrogens (primary N) is 1. The monoisotopic (exact) mass is 566 g/mol. The fourth-order valence-corrected chi connectivity index (χ4v) is 8.96. The Morgan fingerprint density at radius 1 is 1.02 bits per heavy atom. The van der Waals surface area contributed by atoms with Crippen LogP contribution in [0.2, 0.25) is 5.02 Å². The van der Waals surface area contributed by atoms with Gasteiger partial charge in [-0.1, -0.05) is 47.6 Å². The first-order chi connectivity index (χ1) is 19.5. The van der Waals surface area contributed by atoms with Gasteiger partial charge in [0.05, 0.1) is 10.7 Å². The van der Waals surface area contributed by atoms with Gasteiger partial charge in [-0.05, 0) is 83.2 Å². The van der Waals surface area contributed by atoms with Crippen LogP contribution in [0.4, 0.5) is 5.69 Å². The molecule has 202 valence electrons. The quantitative estimate of drug-likeness (QED) is 0.383. The van der Waals surface area contributed by atoms with Gasteiger partial charge in [0, 0.05) is 72.0 Å². The van der Waals surface area contributed by atoms with Crippen molar-refractivity contribution in [3.63, 3.8) is 0 Å². The molecule has 0 saturated carbocycles. The predicted molar refractivity (Wildman–Crippen MR) is 161 cm³/mol. The van der Waals surface area contributed by atoms with Crippen molar-refractivity contribution in [1.29, 1.82) is 0 Å². The molecular weight excluding hydrogens is 536 g/mol. The molecular formula is C33H31ClN4OS. The maximum atomic E-state index is 12.4. The van der Waals surface area contributed by atoms with E-state index in [2.05, 4.69) is 46.3 Å². The number of rotatable bonds is 4. The SMILES string of the molecule is NC1c2cnccc2CC12CCN(C1=C3C=Cc4c(Sc5cccc(N6CCCC6=O)c5Cl)ccc(c43)C1)CC2. The number of pyridine rings is 1. The van der Waals surface area contributed by atoms with E-state index in [-0.39, 0.29) is 17.4 Å². The highest BCUT2D eigenvalue weighted by molar-refractivity contribution is 7.99. The smallest absolute Gasteiger partial charge is 0.227 e. The minimum absolute atomic E-state index is 0.0863. The summed E-state index contributed by atoms with van der Waals surface area (Å²) in [7, 11) is 0. The Labute approximate surface area is 244 Å². The zero-order valence-electron chi connectivity index (χ0n) is 22.3. The van der Waals surface area contributed by atoms with Crippen LogP contribution in [0, 0.1) is 5.41 Å². The topological polar surface area (TPSA) is 62.5 Å². The molecule has 2 N–H and O–H groups in total. The molecule has 40 heavy (non-hydrogen) atoms. The van der Waals surface area contributed by atoms with Gasteiger partial charge in [-0.15, -0.1) is 0 Å². The van der Waals surface area contributed by atoms with E-state index in [0.29, 0.717) is 11.4 Å². The molecule has 0 bridgehead atoms. The molecule has 1 spiro atoms. The molecule has 1 aromatic heterocycles.